The van der Waals surface area contributed by atoms with Gasteiger partial charge in [0.15, 0.2) is 5.54 Å². The predicted molar refractivity (Wildman–Crippen MR) is 95.9 cm³/mol. The lowest BCUT2D eigenvalue weighted by molar-refractivity contribution is -0.936. The molecular weight excluding hydrogens is 370 g/mol. The highest BCUT2D eigenvalue weighted by Gasteiger charge is 2.63. The molecular formula is C18H29N3O7. The van der Waals surface area contributed by atoms with Crippen LogP contribution in [0, 0.1) is 5.92 Å². The van der Waals surface area contributed by atoms with E-state index in [1.807, 2.05) is 0 Å². The molecule has 1 amide bonds. The number of carboxylic acids is 2. The van der Waals surface area contributed by atoms with Crippen LogP contribution in [0.1, 0.15) is 26.7 Å². The van der Waals surface area contributed by atoms with Gasteiger partial charge in [-0.2, -0.15) is 0 Å². The van der Waals surface area contributed by atoms with E-state index < -0.39 is 24.1 Å². The maximum atomic E-state index is 12.6. The fourth-order valence-corrected chi connectivity index (χ4v) is 3.76. The number of aliphatic hydroxyl groups is 1. The normalized spacial score (nSPS) is 26.0. The Hall–Kier alpha value is -2.30. The Morgan fingerprint density at radius 1 is 1.39 bits per heavy atom. The van der Waals surface area contributed by atoms with Crippen LogP contribution in [0.3, 0.4) is 0 Å². The number of carboxylic acid groups (broad SMARTS) is 2. The number of aliphatic carboxylic acids is 2. The molecule has 4 atom stereocenters. The molecule has 28 heavy (non-hydrogen) atoms. The molecule has 0 aromatic heterocycles. The first-order valence-corrected chi connectivity index (χ1v) is 9.20. The van der Waals surface area contributed by atoms with Gasteiger partial charge in [-0.25, -0.2) is 4.79 Å². The Morgan fingerprint density at radius 2 is 2.04 bits per heavy atom. The highest BCUT2D eigenvalue weighted by Crippen LogP contribution is 2.30. The van der Waals surface area contributed by atoms with Gasteiger partial charge in [0, 0.05) is 31.4 Å². The third-order valence-corrected chi connectivity index (χ3v) is 5.02. The van der Waals surface area contributed by atoms with Crippen molar-refractivity contribution in [3.05, 3.63) is 12.2 Å². The van der Waals surface area contributed by atoms with Gasteiger partial charge in [-0.05, 0) is 6.08 Å². The van der Waals surface area contributed by atoms with Crippen LogP contribution < -0.4 is 15.7 Å². The molecule has 158 valence electrons. The predicted octanol–water partition coefficient (Wildman–Crippen LogP) is -3.83. The summed E-state index contributed by atoms with van der Waals surface area (Å²) in [6.07, 6.45) is 2.54. The first-order valence-electron chi connectivity index (χ1n) is 9.20. The molecule has 1 unspecified atom stereocenters. The van der Waals surface area contributed by atoms with Crippen molar-refractivity contribution in [3.63, 3.8) is 0 Å². The topological polar surface area (TPSA) is 165 Å². The van der Waals surface area contributed by atoms with Gasteiger partial charge in [-0.3, -0.25) is 4.79 Å². The zero-order valence-corrected chi connectivity index (χ0v) is 16.2. The number of quaternary nitrogens is 1. The van der Waals surface area contributed by atoms with E-state index >= 15 is 0 Å². The van der Waals surface area contributed by atoms with E-state index in [0.717, 1.165) is 25.9 Å². The highest BCUT2D eigenvalue weighted by atomic mass is 16.4. The fourth-order valence-electron chi connectivity index (χ4n) is 3.76. The Bertz CT molecular complexity index is 606. The molecule has 5 N–H and O–H groups in total. The quantitative estimate of drug-likeness (QED) is 0.183. The highest BCUT2D eigenvalue weighted by molar-refractivity contribution is 5.93. The summed E-state index contributed by atoms with van der Waals surface area (Å²) in [7, 11) is 0. The number of hydrogen-bond acceptors (Lipinski definition) is 7. The summed E-state index contributed by atoms with van der Waals surface area (Å²) in [6.45, 7) is 6.86. The van der Waals surface area contributed by atoms with Gasteiger partial charge in [0.1, 0.15) is 12.3 Å². The van der Waals surface area contributed by atoms with Gasteiger partial charge in [0.05, 0.1) is 31.7 Å². The Morgan fingerprint density at radius 3 is 2.43 bits per heavy atom. The third-order valence-electron chi connectivity index (χ3n) is 5.02. The maximum Gasteiger partial charge on any atom is 0.328 e. The molecule has 10 heteroatoms. The van der Waals surface area contributed by atoms with E-state index in [9.17, 15) is 29.4 Å². The summed E-state index contributed by atoms with van der Waals surface area (Å²) < 4.78 is 0. The van der Waals surface area contributed by atoms with Gasteiger partial charge in [0.25, 0.3) is 5.91 Å². The molecule has 2 saturated heterocycles. The van der Waals surface area contributed by atoms with Crippen molar-refractivity contribution in [2.75, 3.05) is 26.2 Å². The van der Waals surface area contributed by atoms with Crippen molar-refractivity contribution >= 4 is 24.1 Å². The minimum atomic E-state index is -1.51. The van der Waals surface area contributed by atoms with Crippen molar-refractivity contribution in [1.82, 2.24) is 4.90 Å². The second kappa shape index (κ2) is 10.3. The van der Waals surface area contributed by atoms with E-state index in [1.54, 1.807) is 0 Å². The smallest absolute Gasteiger partial charge is 0.328 e. The van der Waals surface area contributed by atoms with E-state index in [-0.39, 0.29) is 18.0 Å². The van der Waals surface area contributed by atoms with Crippen LogP contribution in [-0.4, -0.2) is 83.1 Å². The van der Waals surface area contributed by atoms with E-state index in [4.69, 9.17) is 10.8 Å². The lowest BCUT2D eigenvalue weighted by atomic mass is 9.83. The van der Waals surface area contributed by atoms with Gasteiger partial charge in [0.2, 0.25) is 0 Å². The zero-order chi connectivity index (χ0) is 21.5. The van der Waals surface area contributed by atoms with Gasteiger partial charge < -0.3 is 40.4 Å². The van der Waals surface area contributed by atoms with E-state index in [2.05, 4.69) is 13.8 Å². The number of nitrogens with one attached hydrogen (secondary N) is 1. The number of rotatable bonds is 8. The molecule has 2 heterocycles. The molecule has 0 saturated carbocycles. The zero-order valence-electron chi connectivity index (χ0n) is 16.2. The summed E-state index contributed by atoms with van der Waals surface area (Å²) in [5.41, 5.74) is 5.05. The molecule has 0 bridgehead atoms. The SMILES string of the molecule is CC(C)C[NH+]1CCC[C@@]12CN([C@H](C=O)[C@H](O)CN)C2=O.O=C([O-])/C=C\C(=O)O. The van der Waals surface area contributed by atoms with Crippen LogP contribution in [0.4, 0.5) is 0 Å². The molecule has 1 spiro atoms. The number of nitrogens with zero attached hydrogens (tertiary/aromatic N) is 1. The van der Waals surface area contributed by atoms with Crippen LogP contribution in [0.2, 0.25) is 0 Å². The molecule has 10 nitrogen and oxygen atoms in total. The number of carbonyl (C=O) groups is 4. The number of carbonyl (C=O) groups excluding carboxylic acids is 3. The lowest BCUT2D eigenvalue weighted by Gasteiger charge is -2.51. The number of amides is 1. The summed E-state index contributed by atoms with van der Waals surface area (Å²) in [6, 6.07) is -0.793. The van der Waals surface area contributed by atoms with E-state index in [0.29, 0.717) is 30.9 Å². The molecule has 0 aromatic rings. The van der Waals surface area contributed by atoms with Crippen molar-refractivity contribution in [3.8, 4) is 0 Å². The molecule has 2 aliphatic heterocycles. The first kappa shape index (κ1) is 23.7. The van der Waals surface area contributed by atoms with Crippen LogP contribution in [0.15, 0.2) is 12.2 Å². The summed E-state index contributed by atoms with van der Waals surface area (Å²) in [5, 5.41) is 27.0. The van der Waals surface area contributed by atoms with Crippen LogP contribution in [-0.2, 0) is 19.2 Å². The number of β-lactam (4-membered cyclic amide) rings is 1. The van der Waals surface area contributed by atoms with Crippen LogP contribution >= 0.6 is 0 Å². The first-order chi connectivity index (χ1) is 13.1. The number of hydrogen-bond donors (Lipinski definition) is 4. The van der Waals surface area contributed by atoms with Crippen LogP contribution in [0.5, 0.6) is 0 Å². The molecule has 0 radical (unpaired) electrons. The second-order valence-electron chi connectivity index (χ2n) is 7.49. The molecule has 0 aliphatic carbocycles. The van der Waals surface area contributed by atoms with Crippen molar-refractivity contribution in [2.24, 2.45) is 11.7 Å². The Kier molecular flexibility index (Phi) is 8.73. The number of likely N-dealkylation sites (tertiary alicyclic amines) is 2. The average molecular weight is 399 g/mol. The minimum Gasteiger partial charge on any atom is -0.545 e. The minimum absolute atomic E-state index is 0.00949. The Balaban J connectivity index is 0.000000416. The molecule has 2 fully saturated rings. The van der Waals surface area contributed by atoms with Crippen molar-refractivity contribution in [1.29, 1.82) is 0 Å². The van der Waals surface area contributed by atoms with Gasteiger partial charge in [-0.1, -0.05) is 13.8 Å². The summed E-state index contributed by atoms with van der Waals surface area (Å²) in [5.74, 6) is -2.25. The fraction of sp³-hybridized carbons (Fsp3) is 0.667. The van der Waals surface area contributed by atoms with Gasteiger partial charge >= 0.3 is 5.97 Å². The average Bonchev–Trinajstić information content (AvgIpc) is 3.04. The summed E-state index contributed by atoms with van der Waals surface area (Å²) in [4.78, 5) is 45.5. The number of nitrogens with two attached hydrogens (primary N) is 1. The molecule has 2 rings (SSSR count). The largest absolute Gasteiger partial charge is 0.545 e. The second-order valence-corrected chi connectivity index (χ2v) is 7.49. The molecule has 0 aromatic carbocycles. The number of aldehydes is 1. The van der Waals surface area contributed by atoms with Gasteiger partial charge in [-0.15, -0.1) is 0 Å². The maximum absolute atomic E-state index is 12.6. The number of aliphatic hydroxyl groups excluding tert-OH is 1. The lowest BCUT2D eigenvalue weighted by Crippen LogP contribution is -3.23. The molecule has 2 aliphatic rings. The Labute approximate surface area is 163 Å². The monoisotopic (exact) mass is 399 g/mol. The van der Waals surface area contributed by atoms with Crippen LogP contribution in [0.25, 0.3) is 0 Å². The standard InChI is InChI=1S/C14H25N3O3.C4H4O4/c1-10(2)7-16-5-3-4-14(16)9-17(13(14)20)11(8-18)12(19)6-15;5-3(6)1-2-4(7)8/h8,10-12,19H,3-7,9,15H2,1-2H3;1-2H,(H,5,6)(H,7,8)/b;2-1-/t11-,12-,14+;/m1./s1. The summed E-state index contributed by atoms with van der Waals surface area (Å²) >= 11 is 0. The third kappa shape index (κ3) is 5.60. The van der Waals surface area contributed by atoms with Crippen molar-refractivity contribution < 1.29 is 39.4 Å². The van der Waals surface area contributed by atoms with Crippen molar-refractivity contribution in [2.45, 2.75) is 44.4 Å². The van der Waals surface area contributed by atoms with E-state index in [1.165, 1.54) is 9.80 Å².